The SMILES string of the molecule is Cc1[c]nc(Cl)s1. The lowest BCUT2D eigenvalue weighted by Gasteiger charge is -1.65. The second-order valence-electron chi connectivity index (χ2n) is 1.13. The molecule has 0 unspecified atom stereocenters. The number of halogens is 1. The van der Waals surface area contributed by atoms with E-state index in [1.165, 1.54) is 11.3 Å². The highest BCUT2D eigenvalue weighted by Gasteiger charge is 1.89. The first-order chi connectivity index (χ1) is 3.29. The van der Waals surface area contributed by atoms with Crippen molar-refractivity contribution in [2.24, 2.45) is 0 Å². The third-order valence-corrected chi connectivity index (χ3v) is 1.51. The normalized spacial score (nSPS) is 9.43. The van der Waals surface area contributed by atoms with Crippen LogP contribution in [0.2, 0.25) is 4.47 Å². The summed E-state index contributed by atoms with van der Waals surface area (Å²) in [7, 11) is 0. The largest absolute Gasteiger partial charge is 0.223 e. The molecule has 1 radical (unpaired) electrons. The maximum absolute atomic E-state index is 5.44. The molecule has 0 fully saturated rings. The molecule has 7 heavy (non-hydrogen) atoms. The molecular weight excluding hydrogens is 130 g/mol. The summed E-state index contributed by atoms with van der Waals surface area (Å²) in [6.07, 6.45) is 2.70. The van der Waals surface area contributed by atoms with E-state index < -0.39 is 0 Å². The van der Waals surface area contributed by atoms with Gasteiger partial charge in [-0.1, -0.05) is 11.6 Å². The lowest BCUT2D eigenvalue weighted by molar-refractivity contribution is 1.37. The summed E-state index contributed by atoms with van der Waals surface area (Å²) >= 11 is 6.88. The fourth-order valence-corrected chi connectivity index (χ4v) is 1.12. The van der Waals surface area contributed by atoms with Gasteiger partial charge >= 0.3 is 0 Å². The van der Waals surface area contributed by atoms with Crippen LogP contribution in [-0.4, -0.2) is 4.98 Å². The lowest BCUT2D eigenvalue weighted by atomic mass is 10.7. The summed E-state index contributed by atoms with van der Waals surface area (Å²) in [6.45, 7) is 1.92. The van der Waals surface area contributed by atoms with E-state index in [0.29, 0.717) is 4.47 Å². The Labute approximate surface area is 51.0 Å². The van der Waals surface area contributed by atoms with Crippen LogP contribution in [0.1, 0.15) is 4.88 Å². The second-order valence-corrected chi connectivity index (χ2v) is 2.92. The third kappa shape index (κ3) is 1.14. The maximum atomic E-state index is 5.44. The number of hydrogen-bond acceptors (Lipinski definition) is 2. The molecule has 0 bridgehead atoms. The Morgan fingerprint density at radius 3 is 2.71 bits per heavy atom. The average Bonchev–Trinajstić information content (AvgIpc) is 1.87. The molecule has 0 N–H and O–H groups in total. The summed E-state index contributed by atoms with van der Waals surface area (Å²) in [5.41, 5.74) is 0. The van der Waals surface area contributed by atoms with Crippen LogP contribution >= 0.6 is 22.9 Å². The fraction of sp³-hybridized carbons (Fsp3) is 0.250. The zero-order valence-corrected chi connectivity index (χ0v) is 5.31. The Kier molecular flexibility index (Phi) is 1.30. The Hall–Kier alpha value is -0.0800. The number of hydrogen-bond donors (Lipinski definition) is 0. The van der Waals surface area contributed by atoms with Gasteiger partial charge in [-0.15, -0.1) is 11.3 Å². The molecule has 0 aliphatic heterocycles. The number of aromatic nitrogens is 1. The molecule has 1 rings (SSSR count). The number of aryl methyl sites for hydroxylation is 1. The number of rotatable bonds is 0. The van der Waals surface area contributed by atoms with Crippen LogP contribution in [-0.2, 0) is 0 Å². The lowest BCUT2D eigenvalue weighted by Crippen LogP contribution is -1.52. The first kappa shape index (κ1) is 5.06. The Bertz CT molecular complexity index is 144. The summed E-state index contributed by atoms with van der Waals surface area (Å²) in [6, 6.07) is 0. The molecule has 0 aliphatic rings. The van der Waals surface area contributed by atoms with Gasteiger partial charge in [0, 0.05) is 4.88 Å². The van der Waals surface area contributed by atoms with Gasteiger partial charge < -0.3 is 0 Å². The van der Waals surface area contributed by atoms with Crippen molar-refractivity contribution in [3.63, 3.8) is 0 Å². The van der Waals surface area contributed by atoms with E-state index in [9.17, 15) is 0 Å². The quantitative estimate of drug-likeness (QED) is 0.526. The van der Waals surface area contributed by atoms with E-state index in [0.717, 1.165) is 4.88 Å². The molecule has 0 spiro atoms. The van der Waals surface area contributed by atoms with E-state index >= 15 is 0 Å². The third-order valence-electron chi connectivity index (χ3n) is 0.539. The topological polar surface area (TPSA) is 12.9 Å². The highest BCUT2D eigenvalue weighted by Crippen LogP contribution is 2.14. The van der Waals surface area contributed by atoms with Gasteiger partial charge in [0.25, 0.3) is 0 Å². The van der Waals surface area contributed by atoms with Crippen molar-refractivity contribution in [2.45, 2.75) is 6.92 Å². The standard InChI is InChI=1S/C4H3ClNS/c1-3-2-6-4(5)7-3/h1H3. The molecule has 37 valence electrons. The van der Waals surface area contributed by atoms with E-state index in [4.69, 9.17) is 11.6 Å². The minimum absolute atomic E-state index is 0.567. The first-order valence-electron chi connectivity index (χ1n) is 1.79. The number of nitrogens with zero attached hydrogens (tertiary/aromatic N) is 1. The molecule has 1 nitrogen and oxygen atoms in total. The fourth-order valence-electron chi connectivity index (χ4n) is 0.295. The van der Waals surface area contributed by atoms with Crippen LogP contribution < -0.4 is 0 Å². The van der Waals surface area contributed by atoms with Crippen LogP contribution in [0.15, 0.2) is 0 Å². The van der Waals surface area contributed by atoms with Crippen LogP contribution in [0.3, 0.4) is 0 Å². The Balaban J connectivity index is 3.04. The van der Waals surface area contributed by atoms with Gasteiger partial charge in [0.15, 0.2) is 4.47 Å². The zero-order valence-electron chi connectivity index (χ0n) is 3.73. The van der Waals surface area contributed by atoms with Gasteiger partial charge in [0.05, 0.1) is 0 Å². The van der Waals surface area contributed by atoms with Crippen molar-refractivity contribution in [1.29, 1.82) is 0 Å². The second kappa shape index (κ2) is 1.80. The molecular formula is C4H3ClNS. The van der Waals surface area contributed by atoms with Crippen LogP contribution in [0.5, 0.6) is 0 Å². The minimum atomic E-state index is 0.567. The van der Waals surface area contributed by atoms with Crippen molar-refractivity contribution in [1.82, 2.24) is 4.98 Å². The molecule has 0 aromatic carbocycles. The summed E-state index contributed by atoms with van der Waals surface area (Å²) in [5, 5.41) is 0. The van der Waals surface area contributed by atoms with Crippen LogP contribution in [0.25, 0.3) is 0 Å². The summed E-state index contributed by atoms with van der Waals surface area (Å²) in [5.74, 6) is 0. The predicted molar refractivity (Wildman–Crippen MR) is 30.7 cm³/mol. The van der Waals surface area contributed by atoms with Crippen molar-refractivity contribution >= 4 is 22.9 Å². The molecule has 0 saturated heterocycles. The van der Waals surface area contributed by atoms with E-state index in [1.54, 1.807) is 0 Å². The monoisotopic (exact) mass is 132 g/mol. The van der Waals surface area contributed by atoms with Gasteiger partial charge in [0.2, 0.25) is 0 Å². The van der Waals surface area contributed by atoms with E-state index in [2.05, 4.69) is 11.2 Å². The summed E-state index contributed by atoms with van der Waals surface area (Å²) in [4.78, 5) is 4.71. The average molecular weight is 133 g/mol. The van der Waals surface area contributed by atoms with Crippen molar-refractivity contribution in [3.8, 4) is 0 Å². The molecule has 0 atom stereocenters. The van der Waals surface area contributed by atoms with Crippen molar-refractivity contribution < 1.29 is 0 Å². The molecule has 3 heteroatoms. The molecule has 0 amide bonds. The molecule has 1 aromatic rings. The highest BCUT2D eigenvalue weighted by molar-refractivity contribution is 7.15. The summed E-state index contributed by atoms with van der Waals surface area (Å²) < 4.78 is 0.567. The molecule has 1 aromatic heterocycles. The van der Waals surface area contributed by atoms with Gasteiger partial charge in [-0.3, -0.25) is 0 Å². The van der Waals surface area contributed by atoms with E-state index in [-0.39, 0.29) is 0 Å². The van der Waals surface area contributed by atoms with Gasteiger partial charge in [-0.05, 0) is 6.92 Å². The zero-order chi connectivity index (χ0) is 5.28. The predicted octanol–water partition coefficient (Wildman–Crippen LogP) is 1.91. The highest BCUT2D eigenvalue weighted by atomic mass is 35.5. The van der Waals surface area contributed by atoms with E-state index in [1.807, 2.05) is 6.92 Å². The Morgan fingerprint density at radius 2 is 2.57 bits per heavy atom. The molecule has 0 saturated carbocycles. The number of thiazole rings is 1. The van der Waals surface area contributed by atoms with Crippen molar-refractivity contribution in [2.75, 3.05) is 0 Å². The van der Waals surface area contributed by atoms with Gasteiger partial charge in [0.1, 0.15) is 6.20 Å². The smallest absolute Gasteiger partial charge is 0.184 e. The van der Waals surface area contributed by atoms with Crippen LogP contribution in [0, 0.1) is 13.1 Å². The van der Waals surface area contributed by atoms with Gasteiger partial charge in [-0.2, -0.15) is 0 Å². The first-order valence-corrected chi connectivity index (χ1v) is 2.99. The van der Waals surface area contributed by atoms with Crippen molar-refractivity contribution in [3.05, 3.63) is 15.5 Å². The minimum Gasteiger partial charge on any atom is -0.223 e. The van der Waals surface area contributed by atoms with Gasteiger partial charge in [-0.25, -0.2) is 4.98 Å². The Morgan fingerprint density at radius 1 is 1.86 bits per heavy atom. The molecule has 1 heterocycles. The maximum Gasteiger partial charge on any atom is 0.184 e. The molecule has 0 aliphatic carbocycles. The van der Waals surface area contributed by atoms with Crippen LogP contribution in [0.4, 0.5) is 0 Å².